The van der Waals surface area contributed by atoms with Gasteiger partial charge in [-0.3, -0.25) is 9.59 Å². The Labute approximate surface area is 565 Å². The van der Waals surface area contributed by atoms with Gasteiger partial charge >= 0.3 is 11.9 Å². The Kier molecular flexibility index (Phi) is 26.3. The van der Waals surface area contributed by atoms with Crippen LogP contribution in [-0.4, -0.2) is 25.2 Å². The molecule has 0 heterocycles. The van der Waals surface area contributed by atoms with Gasteiger partial charge in [-0.1, -0.05) is 261 Å². The molecule has 0 atom stereocenters. The molecule has 6 nitrogen and oxygen atoms in total. The van der Waals surface area contributed by atoms with Crippen molar-refractivity contribution >= 4 is 33.5 Å². The van der Waals surface area contributed by atoms with E-state index in [-0.39, 0.29) is 47.0 Å². The molecule has 0 unspecified atom stereocenters. The van der Waals surface area contributed by atoms with Crippen LogP contribution in [0.2, 0.25) is 0 Å². The zero-order valence-electron chi connectivity index (χ0n) is 55.8. The summed E-state index contributed by atoms with van der Waals surface area (Å²) in [6, 6.07) is 60.1. The second kappa shape index (κ2) is 36.2. The molecule has 96 heavy (non-hydrogen) atoms. The average Bonchev–Trinajstić information content (AvgIpc) is 0.760. The maximum atomic E-state index is 15.5. The van der Waals surface area contributed by atoms with Gasteiger partial charge in [0.05, 0.1) is 13.2 Å². The Bertz CT molecular complexity index is 3860. The monoisotopic (exact) mass is 1290 g/mol. The zero-order chi connectivity index (χ0) is 66.9. The Morgan fingerprint density at radius 3 is 0.979 bits per heavy atom. The second-order valence-electron chi connectivity index (χ2n) is 25.3. The summed E-state index contributed by atoms with van der Waals surface area (Å²) >= 11 is 0. The highest BCUT2D eigenvalue weighted by Gasteiger charge is 2.22. The van der Waals surface area contributed by atoms with E-state index >= 15 is 17.6 Å². The molecule has 0 aliphatic carbocycles. The first kappa shape index (κ1) is 69.8. The number of ether oxygens (including phenoxy) is 4. The van der Waals surface area contributed by atoms with Crippen LogP contribution >= 0.6 is 0 Å². The number of rotatable bonds is 37. The third kappa shape index (κ3) is 19.1. The number of unbranched alkanes of at least 4 members (excludes halogenated alkanes) is 16. The summed E-state index contributed by atoms with van der Waals surface area (Å²) in [7, 11) is 0. The first-order chi connectivity index (χ1) is 47.1. The van der Waals surface area contributed by atoms with E-state index in [1.165, 1.54) is 49.7 Å². The summed E-state index contributed by atoms with van der Waals surface area (Å²) in [6.45, 7) is 5.48. The molecule has 0 aliphatic heterocycles. The van der Waals surface area contributed by atoms with E-state index in [2.05, 4.69) is 86.6 Å². The molecule has 10 rings (SSSR count). The topological polar surface area (TPSA) is 71.1 Å². The van der Waals surface area contributed by atoms with Crippen LogP contribution in [0.1, 0.15) is 166 Å². The molecule has 0 N–H and O–H groups in total. The van der Waals surface area contributed by atoms with Gasteiger partial charge < -0.3 is 18.9 Å². The number of carbonyl (C=O) groups is 2. The van der Waals surface area contributed by atoms with Gasteiger partial charge in [0.1, 0.15) is 23.0 Å². The smallest absolute Gasteiger partial charge is 0.311 e. The lowest BCUT2D eigenvalue weighted by Crippen LogP contribution is -2.07. The van der Waals surface area contributed by atoms with Crippen molar-refractivity contribution < 1.29 is 46.1 Å². The molecular weight excluding hydrogens is 1200 g/mol. The first-order valence-corrected chi connectivity index (χ1v) is 35.1. The minimum absolute atomic E-state index is 0.145. The van der Waals surface area contributed by atoms with Crippen LogP contribution < -0.4 is 18.9 Å². The first-order valence-electron chi connectivity index (χ1n) is 35.1. The van der Waals surface area contributed by atoms with Crippen LogP contribution in [-0.2, 0) is 22.4 Å². The predicted molar refractivity (Wildman–Crippen MR) is 384 cm³/mol. The lowest BCUT2D eigenvalue weighted by atomic mass is 9.92. The molecule has 0 fully saturated rings. The summed E-state index contributed by atoms with van der Waals surface area (Å²) in [5.74, 6) is -1.92. The van der Waals surface area contributed by atoms with Crippen LogP contribution in [0.5, 0.6) is 23.0 Å². The summed E-state index contributed by atoms with van der Waals surface area (Å²) in [5.41, 5.74) is 7.39. The van der Waals surface area contributed by atoms with E-state index in [9.17, 15) is 9.59 Å². The van der Waals surface area contributed by atoms with Gasteiger partial charge in [-0.2, -0.15) is 0 Å². The van der Waals surface area contributed by atoms with Crippen LogP contribution in [0.15, 0.2) is 194 Å². The molecule has 0 saturated heterocycles. The predicted octanol–water partition coefficient (Wildman–Crippen LogP) is 24.6. The number of fused-ring (bicyclic) bond motifs is 2. The summed E-state index contributed by atoms with van der Waals surface area (Å²) < 4.78 is 86.5. The van der Waals surface area contributed by atoms with E-state index in [1.54, 1.807) is 72.8 Å². The third-order valence-corrected chi connectivity index (χ3v) is 18.2. The van der Waals surface area contributed by atoms with Crippen molar-refractivity contribution in [1.82, 2.24) is 0 Å². The molecular formula is C86H90F4O6. The molecule has 498 valence electrons. The summed E-state index contributed by atoms with van der Waals surface area (Å²) in [5, 5.41) is 4.39. The van der Waals surface area contributed by atoms with Crippen LogP contribution in [0.25, 0.3) is 77.2 Å². The van der Waals surface area contributed by atoms with Gasteiger partial charge in [0.15, 0.2) is 23.3 Å². The molecule has 10 aromatic carbocycles. The number of hydrogen-bond donors (Lipinski definition) is 0. The van der Waals surface area contributed by atoms with E-state index in [0.717, 1.165) is 134 Å². The van der Waals surface area contributed by atoms with E-state index in [0.29, 0.717) is 59.8 Å². The fourth-order valence-corrected chi connectivity index (χ4v) is 12.8. The molecule has 0 saturated carbocycles. The number of hydrogen-bond acceptors (Lipinski definition) is 6. The van der Waals surface area contributed by atoms with Gasteiger partial charge in [0.25, 0.3) is 0 Å². The normalized spacial score (nSPS) is 11.4. The minimum atomic E-state index is -0.912. The lowest BCUT2D eigenvalue weighted by molar-refractivity contribution is -0.135. The van der Waals surface area contributed by atoms with Gasteiger partial charge in [-0.25, -0.2) is 17.6 Å². The highest BCUT2D eigenvalue weighted by Crippen LogP contribution is 2.46. The van der Waals surface area contributed by atoms with Crippen molar-refractivity contribution in [3.63, 3.8) is 0 Å². The van der Waals surface area contributed by atoms with Crippen molar-refractivity contribution in [2.75, 3.05) is 13.2 Å². The van der Waals surface area contributed by atoms with Crippen molar-refractivity contribution in [2.45, 2.75) is 168 Å². The van der Waals surface area contributed by atoms with Crippen molar-refractivity contribution in [2.24, 2.45) is 0 Å². The summed E-state index contributed by atoms with van der Waals surface area (Å²) in [4.78, 5) is 25.7. The number of esters is 2. The Hall–Kier alpha value is -9.02. The molecule has 10 aromatic rings. The number of aryl methyl sites for hydroxylation is 2. The molecule has 0 bridgehead atoms. The van der Waals surface area contributed by atoms with Crippen LogP contribution in [0.3, 0.4) is 0 Å². The van der Waals surface area contributed by atoms with Crippen LogP contribution in [0.4, 0.5) is 17.6 Å². The molecule has 0 aromatic heterocycles. The highest BCUT2D eigenvalue weighted by atomic mass is 19.2. The minimum Gasteiger partial charge on any atom is -0.493 e. The van der Waals surface area contributed by atoms with Gasteiger partial charge in [0, 0.05) is 46.2 Å². The second-order valence-corrected chi connectivity index (χ2v) is 25.3. The van der Waals surface area contributed by atoms with E-state index in [4.69, 9.17) is 18.9 Å². The van der Waals surface area contributed by atoms with Gasteiger partial charge in [0.2, 0.25) is 0 Å². The molecule has 0 radical (unpaired) electrons. The number of benzene rings is 10. The van der Waals surface area contributed by atoms with Crippen LogP contribution in [0, 0.1) is 23.3 Å². The maximum absolute atomic E-state index is 15.5. The van der Waals surface area contributed by atoms with Crippen molar-refractivity contribution in [3.05, 3.63) is 229 Å². The molecule has 0 spiro atoms. The Morgan fingerprint density at radius 1 is 0.312 bits per heavy atom. The zero-order valence-corrected chi connectivity index (χ0v) is 55.8. The van der Waals surface area contributed by atoms with Crippen molar-refractivity contribution in [1.29, 1.82) is 0 Å². The van der Waals surface area contributed by atoms with E-state index in [1.807, 2.05) is 48.5 Å². The van der Waals surface area contributed by atoms with Gasteiger partial charge in [-0.15, -0.1) is 0 Å². The average molecular weight is 1300 g/mol. The Morgan fingerprint density at radius 2 is 0.625 bits per heavy atom. The number of carbonyl (C=O) groups excluding carboxylic acids is 2. The number of halogens is 4. The van der Waals surface area contributed by atoms with Crippen molar-refractivity contribution in [3.8, 4) is 78.6 Å². The molecule has 10 heteroatoms. The highest BCUT2D eigenvalue weighted by molar-refractivity contribution is 6.09. The maximum Gasteiger partial charge on any atom is 0.311 e. The largest absolute Gasteiger partial charge is 0.493 e. The SMILES string of the molecule is CCCCCCc1ccc(-c2ccc(-c3ccc(OC(=O)CCCCCCCCOc4ccc5ccccc5c4-c4c(OCCCCCCCCC(=O)Oc5ccc(-c6ccc(-c7ccc(CCCCCC)cc7)c(F)c6F)cc5)ccc5ccccc45)cc3)c(F)c2F)cc1. The molecule has 0 amide bonds. The quantitative estimate of drug-likeness (QED) is 0.0167. The Balaban J connectivity index is 0.629. The molecule has 0 aliphatic rings. The third-order valence-electron chi connectivity index (χ3n) is 18.2. The fourth-order valence-electron chi connectivity index (χ4n) is 12.8. The lowest BCUT2D eigenvalue weighted by Gasteiger charge is -2.20. The standard InChI is InChI=1S/C86H90F4O6/c1-3-5-7-17-27-61-35-39-65(40-36-61)73-53-55-75(85(89)83(73)87)67-43-49-69(50-44-67)95-79(91)33-19-13-9-11-15-25-59-93-77-57-47-63-29-21-23-31-71(63)81(77)82-72-32-24-22-30-64(72)48-58-78(82)94-60-26-16-12-10-14-20-34-80(92)96-70-51-45-68(46-52-70)76-56-54-74(84(88)86(76)90)66-41-37-62(38-42-66)28-18-8-6-4-2/h21-24,29-32,35-58H,3-20,25-28,33-34,59-60H2,1-2H3. The van der Waals surface area contributed by atoms with E-state index < -0.39 is 23.3 Å². The van der Waals surface area contributed by atoms with Gasteiger partial charge in [-0.05, 0) is 143 Å². The summed E-state index contributed by atoms with van der Waals surface area (Å²) in [6.07, 6.45) is 22.7. The fraction of sp³-hybridized carbons (Fsp3) is 0.326.